The van der Waals surface area contributed by atoms with Crippen molar-refractivity contribution < 1.29 is 9.53 Å². The van der Waals surface area contributed by atoms with E-state index in [1.165, 1.54) is 4.80 Å². The molecular formula is C22H19ClN4O2. The Balaban J connectivity index is 1.55. The normalized spacial score (nSPS) is 10.9. The molecule has 0 atom stereocenters. The molecule has 29 heavy (non-hydrogen) atoms. The lowest BCUT2D eigenvalue weighted by Gasteiger charge is -2.06. The van der Waals surface area contributed by atoms with Crippen molar-refractivity contribution in [1.29, 1.82) is 0 Å². The van der Waals surface area contributed by atoms with E-state index >= 15 is 0 Å². The maximum atomic E-state index is 12.5. The Morgan fingerprint density at radius 3 is 2.52 bits per heavy atom. The molecule has 3 aromatic carbocycles. The van der Waals surface area contributed by atoms with Gasteiger partial charge < -0.3 is 10.1 Å². The van der Waals surface area contributed by atoms with Crippen LogP contribution in [0.15, 0.2) is 60.7 Å². The van der Waals surface area contributed by atoms with Crippen molar-refractivity contribution in [2.24, 2.45) is 0 Å². The van der Waals surface area contributed by atoms with Crippen molar-refractivity contribution >= 4 is 34.2 Å². The van der Waals surface area contributed by atoms with Gasteiger partial charge in [0, 0.05) is 16.3 Å². The number of benzene rings is 3. The Hall–Kier alpha value is -3.38. The molecule has 0 saturated carbocycles. The fourth-order valence-electron chi connectivity index (χ4n) is 2.89. The Morgan fingerprint density at radius 1 is 1.03 bits per heavy atom. The molecule has 1 heterocycles. The average molecular weight is 407 g/mol. The summed E-state index contributed by atoms with van der Waals surface area (Å²) in [6.07, 6.45) is 0. The summed E-state index contributed by atoms with van der Waals surface area (Å²) in [5, 5.41) is 12.5. The van der Waals surface area contributed by atoms with Crippen molar-refractivity contribution in [3.63, 3.8) is 0 Å². The van der Waals surface area contributed by atoms with Gasteiger partial charge in [0.25, 0.3) is 5.91 Å². The van der Waals surface area contributed by atoms with Crippen molar-refractivity contribution in [1.82, 2.24) is 15.0 Å². The van der Waals surface area contributed by atoms with Gasteiger partial charge in [-0.05, 0) is 74.0 Å². The Labute approximate surface area is 173 Å². The van der Waals surface area contributed by atoms with Crippen LogP contribution in [0.4, 0.5) is 5.69 Å². The molecule has 146 valence electrons. The molecular weight excluding hydrogens is 388 g/mol. The van der Waals surface area contributed by atoms with Crippen LogP contribution >= 0.6 is 11.6 Å². The second-order valence-electron chi connectivity index (χ2n) is 6.54. The SMILES string of the molecule is CCOc1ccc(C(=O)Nc2ccc3nn(-c4ccc(C)c(Cl)c4)nc3c2)cc1. The zero-order chi connectivity index (χ0) is 20.4. The summed E-state index contributed by atoms with van der Waals surface area (Å²) in [7, 11) is 0. The number of hydrogen-bond donors (Lipinski definition) is 1. The van der Waals surface area contributed by atoms with Gasteiger partial charge >= 0.3 is 0 Å². The van der Waals surface area contributed by atoms with Crippen molar-refractivity contribution in [3.8, 4) is 11.4 Å². The van der Waals surface area contributed by atoms with Crippen molar-refractivity contribution in [2.45, 2.75) is 13.8 Å². The maximum absolute atomic E-state index is 12.5. The smallest absolute Gasteiger partial charge is 0.255 e. The second-order valence-corrected chi connectivity index (χ2v) is 6.95. The molecule has 7 heteroatoms. The van der Waals surface area contributed by atoms with Crippen LogP contribution in [0.5, 0.6) is 5.75 Å². The van der Waals surface area contributed by atoms with Gasteiger partial charge in [-0.2, -0.15) is 4.80 Å². The highest BCUT2D eigenvalue weighted by atomic mass is 35.5. The van der Waals surface area contributed by atoms with Gasteiger partial charge in [0.1, 0.15) is 16.8 Å². The van der Waals surface area contributed by atoms with Crippen LogP contribution in [0.2, 0.25) is 5.02 Å². The second kappa shape index (κ2) is 7.93. The summed E-state index contributed by atoms with van der Waals surface area (Å²) in [5.41, 5.74) is 4.35. The molecule has 0 saturated heterocycles. The van der Waals surface area contributed by atoms with Gasteiger partial charge in [-0.3, -0.25) is 4.79 Å². The predicted molar refractivity (Wildman–Crippen MR) is 114 cm³/mol. The fraction of sp³-hybridized carbons (Fsp3) is 0.136. The molecule has 1 aromatic heterocycles. The number of nitrogens with zero attached hydrogens (tertiary/aromatic N) is 3. The number of hydrogen-bond acceptors (Lipinski definition) is 4. The van der Waals surface area contributed by atoms with Gasteiger partial charge in [-0.15, -0.1) is 10.2 Å². The van der Waals surface area contributed by atoms with E-state index in [-0.39, 0.29) is 5.91 Å². The molecule has 4 rings (SSSR count). The lowest BCUT2D eigenvalue weighted by molar-refractivity contribution is 0.102. The van der Waals surface area contributed by atoms with E-state index in [1.807, 2.05) is 38.1 Å². The van der Waals surface area contributed by atoms with Crippen LogP contribution in [-0.2, 0) is 0 Å². The van der Waals surface area contributed by atoms with E-state index < -0.39 is 0 Å². The van der Waals surface area contributed by atoms with Gasteiger partial charge in [0.05, 0.1) is 12.3 Å². The average Bonchev–Trinajstić information content (AvgIpc) is 3.14. The number of aromatic nitrogens is 3. The summed E-state index contributed by atoms with van der Waals surface area (Å²) in [6, 6.07) is 18.1. The van der Waals surface area contributed by atoms with Crippen LogP contribution < -0.4 is 10.1 Å². The molecule has 0 spiro atoms. The number of halogens is 1. The number of nitrogens with one attached hydrogen (secondary N) is 1. The van der Waals surface area contributed by atoms with Crippen LogP contribution in [0, 0.1) is 6.92 Å². The zero-order valence-electron chi connectivity index (χ0n) is 16.0. The number of carbonyl (C=O) groups is 1. The molecule has 1 amide bonds. The number of aryl methyl sites for hydroxylation is 1. The van der Waals surface area contributed by atoms with E-state index in [4.69, 9.17) is 16.3 Å². The third-order valence-corrected chi connectivity index (χ3v) is 4.86. The van der Waals surface area contributed by atoms with E-state index in [2.05, 4.69) is 15.5 Å². The van der Waals surface area contributed by atoms with Gasteiger partial charge in [-0.25, -0.2) is 0 Å². The number of anilines is 1. The fourth-order valence-corrected chi connectivity index (χ4v) is 3.06. The minimum absolute atomic E-state index is 0.204. The van der Waals surface area contributed by atoms with E-state index in [0.717, 1.165) is 22.5 Å². The van der Waals surface area contributed by atoms with Gasteiger partial charge in [0.15, 0.2) is 0 Å². The third-order valence-electron chi connectivity index (χ3n) is 4.45. The first-order chi connectivity index (χ1) is 14.0. The summed E-state index contributed by atoms with van der Waals surface area (Å²) >= 11 is 6.21. The van der Waals surface area contributed by atoms with Crippen LogP contribution in [-0.4, -0.2) is 27.5 Å². The standard InChI is InChI=1S/C22H19ClN4O2/c1-3-29-18-9-5-15(6-10-18)22(28)24-16-7-11-20-21(12-16)26-27(25-20)17-8-4-14(2)19(23)13-17/h4-13H,3H2,1-2H3,(H,24,28). The number of amides is 1. The topological polar surface area (TPSA) is 69.0 Å². The molecule has 0 aliphatic rings. The molecule has 0 bridgehead atoms. The van der Waals surface area contributed by atoms with E-state index in [9.17, 15) is 4.79 Å². The minimum atomic E-state index is -0.204. The third kappa shape index (κ3) is 4.07. The maximum Gasteiger partial charge on any atom is 0.255 e. The Kier molecular flexibility index (Phi) is 5.18. The first-order valence-corrected chi connectivity index (χ1v) is 9.59. The molecule has 0 radical (unpaired) electrons. The monoisotopic (exact) mass is 406 g/mol. The molecule has 6 nitrogen and oxygen atoms in total. The quantitative estimate of drug-likeness (QED) is 0.504. The summed E-state index contributed by atoms with van der Waals surface area (Å²) in [5.74, 6) is 0.531. The van der Waals surface area contributed by atoms with Crippen molar-refractivity contribution in [3.05, 3.63) is 76.8 Å². The number of ether oxygens (including phenoxy) is 1. The summed E-state index contributed by atoms with van der Waals surface area (Å²) in [4.78, 5) is 14.0. The lowest BCUT2D eigenvalue weighted by atomic mass is 10.2. The number of carbonyl (C=O) groups excluding carboxylic acids is 1. The predicted octanol–water partition coefficient (Wildman–Crippen LogP) is 5.03. The molecule has 1 N–H and O–H groups in total. The molecule has 0 fully saturated rings. The summed E-state index contributed by atoms with van der Waals surface area (Å²) in [6.45, 7) is 4.44. The van der Waals surface area contributed by atoms with E-state index in [1.54, 1.807) is 36.4 Å². The number of rotatable bonds is 5. The molecule has 0 aliphatic heterocycles. The zero-order valence-corrected chi connectivity index (χ0v) is 16.8. The molecule has 0 unspecified atom stereocenters. The minimum Gasteiger partial charge on any atom is -0.494 e. The van der Waals surface area contributed by atoms with Gasteiger partial charge in [-0.1, -0.05) is 17.7 Å². The molecule has 0 aliphatic carbocycles. The van der Waals surface area contributed by atoms with Gasteiger partial charge in [0.2, 0.25) is 0 Å². The first-order valence-electron chi connectivity index (χ1n) is 9.21. The van der Waals surface area contributed by atoms with E-state index in [0.29, 0.717) is 28.4 Å². The highest BCUT2D eigenvalue weighted by molar-refractivity contribution is 6.31. The largest absolute Gasteiger partial charge is 0.494 e. The Bertz CT molecular complexity index is 1190. The summed E-state index contributed by atoms with van der Waals surface area (Å²) < 4.78 is 5.40. The Morgan fingerprint density at radius 2 is 1.79 bits per heavy atom. The lowest BCUT2D eigenvalue weighted by Crippen LogP contribution is -2.11. The highest BCUT2D eigenvalue weighted by Crippen LogP contribution is 2.22. The van der Waals surface area contributed by atoms with Crippen LogP contribution in [0.25, 0.3) is 16.7 Å². The molecule has 4 aromatic rings. The van der Waals surface area contributed by atoms with Crippen LogP contribution in [0.3, 0.4) is 0 Å². The van der Waals surface area contributed by atoms with Crippen LogP contribution in [0.1, 0.15) is 22.8 Å². The highest BCUT2D eigenvalue weighted by Gasteiger charge is 2.10. The number of fused-ring (bicyclic) bond motifs is 1. The van der Waals surface area contributed by atoms with Crippen molar-refractivity contribution in [2.75, 3.05) is 11.9 Å². The first kappa shape index (κ1) is 19.0.